The molecular weight excluding hydrogens is 1240 g/mol. The molecule has 0 fully saturated rings. The van der Waals surface area contributed by atoms with Crippen molar-refractivity contribution in [1.82, 2.24) is 0 Å². The molecule has 524 valence electrons. The molecule has 0 N–H and O–H groups in total. The molecule has 0 bridgehead atoms. The summed E-state index contributed by atoms with van der Waals surface area (Å²) in [6, 6.07) is 7.19. The first kappa shape index (κ1) is 89.4. The Hall–Kier alpha value is -3.64. The minimum atomic E-state index is -5.01. The first-order valence-corrected chi connectivity index (χ1v) is 38.9. The van der Waals surface area contributed by atoms with E-state index in [0.717, 1.165) is 141 Å². The second-order valence-electron chi connectivity index (χ2n) is 24.3. The summed E-state index contributed by atoms with van der Waals surface area (Å²) in [7, 11) is -10.0. The second kappa shape index (κ2) is 61.9. The molecule has 0 aliphatic rings. The number of rotatable bonds is 58. The fourth-order valence-electron chi connectivity index (χ4n) is 10.5. The Labute approximate surface area is 595 Å². The first-order valence-electron chi connectivity index (χ1n) is 36.1. The average Bonchev–Trinajstić information content (AvgIpc) is 0.820. The van der Waals surface area contributed by atoms with Crippen LogP contribution in [-0.4, -0.2) is 114 Å². The van der Waals surface area contributed by atoms with Crippen LogP contribution in [0.1, 0.15) is 352 Å². The van der Waals surface area contributed by atoms with E-state index in [1.54, 1.807) is 0 Å². The third-order valence-electron chi connectivity index (χ3n) is 15.9. The molecule has 14 nitrogen and oxygen atoms in total. The topological polar surface area (TPSA) is 220 Å². The van der Waals surface area contributed by atoms with E-state index in [1.165, 1.54) is 153 Å². The molecule has 0 aliphatic carbocycles. The molecule has 93 heavy (non-hydrogen) atoms. The van der Waals surface area contributed by atoms with E-state index in [9.17, 15) is 45.1 Å². The number of unbranched alkanes of at least 4 members (excludes halogenated alkanes) is 36. The van der Waals surface area contributed by atoms with Crippen LogP contribution >= 0.6 is 0 Å². The van der Waals surface area contributed by atoms with Crippen molar-refractivity contribution in [3.05, 3.63) is 107 Å². The molecule has 0 aromatic heterocycles. The molecule has 2 aromatic rings. The van der Waals surface area contributed by atoms with E-state index < -0.39 is 65.0 Å². The molecule has 2 aromatic carbocycles. The van der Waals surface area contributed by atoms with E-state index in [-0.39, 0.29) is 75.3 Å². The summed E-state index contributed by atoms with van der Waals surface area (Å²) in [4.78, 5) is 50.0. The Morgan fingerprint density at radius 3 is 0.710 bits per heavy atom. The summed E-state index contributed by atoms with van der Waals surface area (Å²) in [6.45, 7) is 9.22. The number of esters is 4. The SMILES string of the molecule is CCC/C=C/CCCCCCCCCCOC(=O)c1cccc(S(=O)(=O)[O-])c1C(=O)OCCCCCCCCCC/C=C/CCC.CCC/C=C/CCCCCCCCCCOC(=O)c1cccc(S(=O)(=O)[O-])c1C(=O)OCCCCCCCCCC/C=C/CCC.[Ca+2]. The van der Waals surface area contributed by atoms with E-state index in [0.29, 0.717) is 25.7 Å². The Balaban J connectivity index is 0.00000180. The standard InChI is InChI=1S/2C38H62O7S.Ca/c2*1-3-5-7-9-11-13-15-17-19-21-23-25-27-32-44-37(39)34-30-29-31-35(46(41,42)43)36(34)38(40)45-33-28-26-24-22-20-18-16-14-12-10-8-6-4-2;/h2*7-10,29-31H,3-6,11-28,32-33H2,1-2H3,(H,41,42,43);/q;;+2/p-2/b2*9-7+,10-8+;. The van der Waals surface area contributed by atoms with E-state index in [2.05, 4.69) is 76.3 Å². The Morgan fingerprint density at radius 1 is 0.301 bits per heavy atom. The summed E-state index contributed by atoms with van der Waals surface area (Å²) >= 11 is 0. The van der Waals surface area contributed by atoms with Crippen molar-refractivity contribution in [2.75, 3.05) is 26.4 Å². The van der Waals surface area contributed by atoms with Gasteiger partial charge in [-0.1, -0.05) is 268 Å². The quantitative estimate of drug-likeness (QED) is 0.0150. The van der Waals surface area contributed by atoms with Gasteiger partial charge in [-0.05, 0) is 127 Å². The molecule has 0 saturated carbocycles. The number of carbonyl (C=O) groups excluding carboxylic acids is 4. The first-order chi connectivity index (χ1) is 44.6. The zero-order chi connectivity index (χ0) is 67.4. The van der Waals surface area contributed by atoms with Crippen molar-refractivity contribution in [2.45, 2.75) is 320 Å². The molecule has 0 unspecified atom stereocenters. The fourth-order valence-corrected chi connectivity index (χ4v) is 11.9. The van der Waals surface area contributed by atoms with E-state index in [1.807, 2.05) is 0 Å². The summed E-state index contributed by atoms with van der Waals surface area (Å²) in [5.41, 5.74) is -1.58. The van der Waals surface area contributed by atoms with Gasteiger partial charge in [0.2, 0.25) is 0 Å². The number of benzene rings is 2. The van der Waals surface area contributed by atoms with Crippen molar-refractivity contribution >= 4 is 81.9 Å². The molecule has 0 heterocycles. The normalized spacial score (nSPS) is 11.8. The minimum Gasteiger partial charge on any atom is -0.744 e. The van der Waals surface area contributed by atoms with Crippen LogP contribution < -0.4 is 0 Å². The number of carbonyl (C=O) groups is 4. The molecule has 0 radical (unpaired) electrons. The molecule has 2 rings (SSSR count). The van der Waals surface area contributed by atoms with Crippen LogP contribution in [0.4, 0.5) is 0 Å². The Kier molecular flexibility index (Phi) is 59.5. The number of ether oxygens (including phenoxy) is 4. The van der Waals surface area contributed by atoms with Crippen molar-refractivity contribution in [2.24, 2.45) is 0 Å². The fraction of sp³-hybridized carbons (Fsp3) is 0.684. The summed E-state index contributed by atoms with van der Waals surface area (Å²) in [5.74, 6) is -3.65. The summed E-state index contributed by atoms with van der Waals surface area (Å²) < 4.78 is 92.8. The maximum absolute atomic E-state index is 12.9. The van der Waals surface area contributed by atoms with Gasteiger partial charge in [0.15, 0.2) is 0 Å². The van der Waals surface area contributed by atoms with Crippen LogP contribution in [0.15, 0.2) is 94.8 Å². The summed E-state index contributed by atoms with van der Waals surface area (Å²) in [6.07, 6.45) is 66.5. The summed E-state index contributed by atoms with van der Waals surface area (Å²) in [5, 5.41) is 0. The van der Waals surface area contributed by atoms with Crippen LogP contribution in [0.3, 0.4) is 0 Å². The van der Waals surface area contributed by atoms with Crippen LogP contribution in [0.5, 0.6) is 0 Å². The third kappa shape index (κ3) is 48.7. The van der Waals surface area contributed by atoms with Gasteiger partial charge >= 0.3 is 61.6 Å². The maximum atomic E-state index is 12.9. The van der Waals surface area contributed by atoms with Crippen molar-refractivity contribution in [1.29, 1.82) is 0 Å². The van der Waals surface area contributed by atoms with Crippen LogP contribution in [-0.2, 0) is 39.2 Å². The van der Waals surface area contributed by atoms with Crippen molar-refractivity contribution < 1.29 is 64.1 Å². The van der Waals surface area contributed by atoms with Gasteiger partial charge in [-0.15, -0.1) is 0 Å². The van der Waals surface area contributed by atoms with Crippen LogP contribution in [0, 0.1) is 0 Å². The molecule has 0 amide bonds. The van der Waals surface area contributed by atoms with Gasteiger partial charge in [-0.25, -0.2) is 36.0 Å². The van der Waals surface area contributed by atoms with E-state index in [4.69, 9.17) is 18.9 Å². The second-order valence-corrected chi connectivity index (χ2v) is 27.0. The molecule has 0 spiro atoms. The van der Waals surface area contributed by atoms with Crippen molar-refractivity contribution in [3.8, 4) is 0 Å². The number of hydrogen-bond donors (Lipinski definition) is 0. The Bertz CT molecular complexity index is 2400. The molecule has 0 aliphatic heterocycles. The molecule has 17 heteroatoms. The van der Waals surface area contributed by atoms with Gasteiger partial charge in [-0.3, -0.25) is 0 Å². The monoisotopic (exact) mass is 1360 g/mol. The van der Waals surface area contributed by atoms with Crippen LogP contribution in [0.2, 0.25) is 0 Å². The molecule has 0 saturated heterocycles. The van der Waals surface area contributed by atoms with Gasteiger partial charge in [-0.2, -0.15) is 0 Å². The largest absolute Gasteiger partial charge is 2.00 e. The van der Waals surface area contributed by atoms with Gasteiger partial charge in [0.1, 0.15) is 20.2 Å². The van der Waals surface area contributed by atoms with Gasteiger partial charge in [0.25, 0.3) is 0 Å². The van der Waals surface area contributed by atoms with Crippen LogP contribution in [0.25, 0.3) is 0 Å². The predicted octanol–water partition coefficient (Wildman–Crippen LogP) is 20.9. The third-order valence-corrected chi connectivity index (χ3v) is 17.7. The van der Waals surface area contributed by atoms with Gasteiger partial charge in [0, 0.05) is 0 Å². The zero-order valence-corrected chi connectivity index (χ0v) is 62.1. The zero-order valence-electron chi connectivity index (χ0n) is 58.3. The van der Waals surface area contributed by atoms with Crippen molar-refractivity contribution in [3.63, 3.8) is 0 Å². The number of hydrogen-bond acceptors (Lipinski definition) is 14. The molecule has 0 atom stereocenters. The average molecular weight is 1360 g/mol. The van der Waals surface area contributed by atoms with E-state index >= 15 is 0 Å². The smallest absolute Gasteiger partial charge is 0.744 e. The number of allylic oxidation sites excluding steroid dienone is 8. The van der Waals surface area contributed by atoms with Gasteiger partial charge < -0.3 is 28.1 Å². The Morgan fingerprint density at radius 2 is 0.495 bits per heavy atom. The molecular formula is C76H122CaO14S2. The van der Waals surface area contributed by atoms with Gasteiger partial charge in [0.05, 0.1) is 58.5 Å². The minimum absolute atomic E-state index is 0. The predicted molar refractivity (Wildman–Crippen MR) is 378 cm³/mol. The maximum Gasteiger partial charge on any atom is 2.00 e.